The van der Waals surface area contributed by atoms with Crippen LogP contribution in [-0.2, 0) is 100 Å². The van der Waals surface area contributed by atoms with Gasteiger partial charge in [0.1, 0.15) is 19.8 Å². The van der Waals surface area contributed by atoms with E-state index in [0.29, 0.717) is 15.2 Å². The molecule has 0 atom stereocenters. The number of ether oxygens (including phenoxy) is 6. The number of amides is 6. The van der Waals surface area contributed by atoms with Crippen LogP contribution in [0.3, 0.4) is 0 Å². The van der Waals surface area contributed by atoms with E-state index in [1.165, 1.54) is 0 Å². The van der Waals surface area contributed by atoms with Gasteiger partial charge < -0.3 is 48.0 Å². The Kier molecular flexibility index (Phi) is 22.2. The van der Waals surface area contributed by atoms with Crippen molar-refractivity contribution >= 4 is 71.3 Å². The molecule has 0 saturated carbocycles. The molecule has 0 aromatic heterocycles. The van der Waals surface area contributed by atoms with Gasteiger partial charge in [-0.15, -0.1) is 15.2 Å². The fourth-order valence-electron chi connectivity index (χ4n) is 5.53. The van der Waals surface area contributed by atoms with E-state index in [0.717, 1.165) is 0 Å². The third kappa shape index (κ3) is 18.9. The summed E-state index contributed by atoms with van der Waals surface area (Å²) in [6, 6.07) is 0. The molecule has 1 N–H and O–H groups in total. The van der Waals surface area contributed by atoms with Gasteiger partial charge in [-0.2, -0.15) is 0 Å². The van der Waals surface area contributed by atoms with Crippen molar-refractivity contribution < 1.29 is 106 Å². The van der Waals surface area contributed by atoms with E-state index < -0.39 is 83.3 Å². The minimum Gasteiger partial charge on any atom is -0.463 e. The summed E-state index contributed by atoms with van der Waals surface area (Å²) >= 11 is 0. The van der Waals surface area contributed by atoms with Gasteiger partial charge in [0.15, 0.2) is 0 Å². The zero-order valence-electron chi connectivity index (χ0n) is 34.5. The van der Waals surface area contributed by atoms with E-state index >= 15 is 0 Å². The van der Waals surface area contributed by atoms with Crippen LogP contribution in [-0.4, -0.2) is 158 Å². The third-order valence-electron chi connectivity index (χ3n) is 8.91. The molecule has 25 heteroatoms. The van der Waals surface area contributed by atoms with Crippen LogP contribution in [0, 0.1) is 5.41 Å². The molecule has 0 spiro atoms. The molecule has 0 bridgehead atoms. The number of rotatable bonds is 31. The fourth-order valence-corrected chi connectivity index (χ4v) is 5.53. The maximum Gasteiger partial charge on any atom is 0.333 e. The van der Waals surface area contributed by atoms with Crippen LogP contribution in [0.1, 0.15) is 96.3 Å². The standard InChI is InChI=1S/C38H51N3O22/c42-22-38(23-55-16-19-58-32(49)4-1-7-35(52)61-39-26(43)10-11-27(39)44,24-56-17-20-59-33(50)5-2-8-36(53)62-40-28(45)12-13-29(40)46)25-57-18-21-60-34(51)6-3-9-37(54)63-41-30(47)14-15-31(41)48/h42H,1-25H2. The molecule has 3 rings (SSSR count). The molecule has 25 nitrogen and oxygen atoms in total. The van der Waals surface area contributed by atoms with Crippen molar-refractivity contribution in [3.8, 4) is 0 Å². The summed E-state index contributed by atoms with van der Waals surface area (Å²) < 4.78 is 32.2. The van der Waals surface area contributed by atoms with Crippen molar-refractivity contribution in [1.29, 1.82) is 0 Å². The van der Waals surface area contributed by atoms with Crippen LogP contribution in [0.5, 0.6) is 0 Å². The highest BCUT2D eigenvalue weighted by Gasteiger charge is 2.35. The first kappa shape index (κ1) is 51.4. The fraction of sp³-hybridized carbons (Fsp3) is 0.684. The summed E-state index contributed by atoms with van der Waals surface area (Å²) in [5.41, 5.74) is -1.23. The molecule has 0 radical (unpaired) electrons. The Morgan fingerprint density at radius 3 is 0.873 bits per heavy atom. The second-order valence-electron chi connectivity index (χ2n) is 14.2. The van der Waals surface area contributed by atoms with E-state index in [-0.39, 0.29) is 156 Å². The van der Waals surface area contributed by atoms with Gasteiger partial charge in [-0.25, -0.2) is 14.4 Å². The van der Waals surface area contributed by atoms with E-state index in [1.54, 1.807) is 0 Å². The van der Waals surface area contributed by atoms with Gasteiger partial charge in [0.2, 0.25) is 0 Å². The van der Waals surface area contributed by atoms with Gasteiger partial charge in [-0.1, -0.05) is 0 Å². The second kappa shape index (κ2) is 27.2. The number of aliphatic hydroxyl groups excluding tert-OH is 1. The van der Waals surface area contributed by atoms with Gasteiger partial charge in [0.05, 0.1) is 51.7 Å². The van der Waals surface area contributed by atoms with Crippen molar-refractivity contribution in [2.45, 2.75) is 96.3 Å². The highest BCUT2D eigenvalue weighted by Crippen LogP contribution is 2.20. The third-order valence-corrected chi connectivity index (χ3v) is 8.91. The SMILES string of the molecule is O=C(CCCC(=O)ON1C(=O)CCC1=O)OCCOCC(CO)(COCCOC(=O)CCCC(=O)ON1C(=O)CCC1=O)COCCOC(=O)CCCC(=O)ON1C(=O)CCC1=O. The predicted octanol–water partition coefficient (Wildman–Crippen LogP) is -1.02. The normalized spacial score (nSPS) is 15.3. The zero-order chi connectivity index (χ0) is 46.2. The Morgan fingerprint density at radius 1 is 0.397 bits per heavy atom. The van der Waals surface area contributed by atoms with Crippen LogP contribution >= 0.6 is 0 Å². The molecule has 3 saturated heterocycles. The molecule has 0 aromatic rings. The number of carbonyl (C=O) groups is 12. The number of carbonyl (C=O) groups excluding carboxylic acids is 12. The molecule has 350 valence electrons. The molecule has 63 heavy (non-hydrogen) atoms. The largest absolute Gasteiger partial charge is 0.463 e. The second-order valence-corrected chi connectivity index (χ2v) is 14.2. The monoisotopic (exact) mass is 901 g/mol. The Labute approximate surface area is 359 Å². The topological polar surface area (TPSA) is 318 Å². The average Bonchev–Trinajstić information content (AvgIpc) is 3.86. The molecule has 3 heterocycles. The highest BCUT2D eigenvalue weighted by molar-refractivity contribution is 6.02. The lowest BCUT2D eigenvalue weighted by Gasteiger charge is -2.31. The van der Waals surface area contributed by atoms with Gasteiger partial charge in [0.25, 0.3) is 35.4 Å². The van der Waals surface area contributed by atoms with Crippen LogP contribution in [0.2, 0.25) is 0 Å². The first-order valence-electron chi connectivity index (χ1n) is 20.1. The summed E-state index contributed by atoms with van der Waals surface area (Å²) in [6.07, 6.45) is -1.61. The van der Waals surface area contributed by atoms with Crippen LogP contribution < -0.4 is 0 Å². The number of aliphatic hydroxyl groups is 1. The van der Waals surface area contributed by atoms with Crippen molar-refractivity contribution in [2.24, 2.45) is 5.41 Å². The van der Waals surface area contributed by atoms with Crippen LogP contribution in [0.15, 0.2) is 0 Å². The van der Waals surface area contributed by atoms with Crippen LogP contribution in [0.25, 0.3) is 0 Å². The van der Waals surface area contributed by atoms with Crippen molar-refractivity contribution in [3.05, 3.63) is 0 Å². The number of nitrogens with zero attached hydrogens (tertiary/aromatic N) is 3. The lowest BCUT2D eigenvalue weighted by Crippen LogP contribution is -2.41. The minimum atomic E-state index is -1.23. The molecule has 3 aliphatic rings. The van der Waals surface area contributed by atoms with Gasteiger partial charge >= 0.3 is 35.8 Å². The molecular formula is C38H51N3O22. The van der Waals surface area contributed by atoms with E-state index in [1.807, 2.05) is 0 Å². The van der Waals surface area contributed by atoms with Gasteiger partial charge in [-0.3, -0.25) is 43.2 Å². The average molecular weight is 902 g/mol. The molecule has 3 fully saturated rings. The number of esters is 3. The van der Waals surface area contributed by atoms with Gasteiger partial charge in [0, 0.05) is 77.0 Å². The number of hydroxylamine groups is 6. The number of imide groups is 3. The summed E-state index contributed by atoms with van der Waals surface area (Å²) in [5.74, 6) is -8.39. The quantitative estimate of drug-likeness (QED) is 0.0376. The molecule has 0 aromatic carbocycles. The summed E-state index contributed by atoms with van der Waals surface area (Å²) in [5, 5.41) is 11.6. The summed E-state index contributed by atoms with van der Waals surface area (Å²) in [6.45, 7) is -2.20. The number of hydrogen-bond acceptors (Lipinski definition) is 22. The Morgan fingerprint density at radius 2 is 0.635 bits per heavy atom. The smallest absolute Gasteiger partial charge is 0.333 e. The molecule has 0 aliphatic carbocycles. The number of hydrogen-bond donors (Lipinski definition) is 1. The lowest BCUT2D eigenvalue weighted by atomic mass is 9.92. The maximum atomic E-state index is 12.1. The highest BCUT2D eigenvalue weighted by atomic mass is 16.7. The Hall–Kier alpha value is -5.92. The van der Waals surface area contributed by atoms with Crippen molar-refractivity contribution in [2.75, 3.05) is 66.1 Å². The minimum absolute atomic E-state index is 0.0152. The molecule has 0 unspecified atom stereocenters. The zero-order valence-corrected chi connectivity index (χ0v) is 34.5. The lowest BCUT2D eigenvalue weighted by molar-refractivity contribution is -0.197. The molecule has 6 amide bonds. The van der Waals surface area contributed by atoms with Crippen LogP contribution in [0.4, 0.5) is 0 Å². The maximum absolute atomic E-state index is 12.1. The van der Waals surface area contributed by atoms with E-state index in [9.17, 15) is 62.6 Å². The first-order chi connectivity index (χ1) is 30.1. The van der Waals surface area contributed by atoms with Gasteiger partial charge in [-0.05, 0) is 19.3 Å². The van der Waals surface area contributed by atoms with E-state index in [4.69, 9.17) is 42.9 Å². The first-order valence-corrected chi connectivity index (χ1v) is 20.1. The molecular weight excluding hydrogens is 850 g/mol. The summed E-state index contributed by atoms with van der Waals surface area (Å²) in [7, 11) is 0. The van der Waals surface area contributed by atoms with E-state index in [2.05, 4.69) is 0 Å². The Bertz CT molecular complexity index is 1460. The predicted molar refractivity (Wildman–Crippen MR) is 198 cm³/mol. The summed E-state index contributed by atoms with van der Waals surface area (Å²) in [4.78, 5) is 156. The van der Waals surface area contributed by atoms with Crippen molar-refractivity contribution in [1.82, 2.24) is 15.2 Å². The Balaban J connectivity index is 1.36. The molecule has 3 aliphatic heterocycles. The van der Waals surface area contributed by atoms with Crippen molar-refractivity contribution in [3.63, 3.8) is 0 Å².